The van der Waals surface area contributed by atoms with Crippen molar-refractivity contribution in [3.63, 3.8) is 0 Å². The van der Waals surface area contributed by atoms with Gasteiger partial charge in [-0.25, -0.2) is 0 Å². The fourth-order valence-corrected chi connectivity index (χ4v) is 2.60. The fraction of sp³-hybridized carbons (Fsp3) is 0.278. The van der Waals surface area contributed by atoms with E-state index in [4.69, 9.17) is 9.47 Å². The highest BCUT2D eigenvalue weighted by Gasteiger charge is 2.22. The maximum Gasteiger partial charge on any atom is 0.255 e. The molecule has 114 valence electrons. The molecule has 4 heteroatoms. The van der Waals surface area contributed by atoms with Gasteiger partial charge in [0.25, 0.3) is 5.91 Å². The summed E-state index contributed by atoms with van der Waals surface area (Å²) < 4.78 is 11.4. The molecule has 0 fully saturated rings. The summed E-state index contributed by atoms with van der Waals surface area (Å²) in [7, 11) is 0. The SMILES string of the molecule is CCOc1cc2c(cc1NC(=O)c1ccccc1)O[C@@H](C)C2. The molecule has 0 spiro atoms. The van der Waals surface area contributed by atoms with Crippen LogP contribution < -0.4 is 14.8 Å². The van der Waals surface area contributed by atoms with Crippen LogP contribution in [0.15, 0.2) is 42.5 Å². The highest BCUT2D eigenvalue weighted by molar-refractivity contribution is 6.05. The van der Waals surface area contributed by atoms with Crippen LogP contribution in [0, 0.1) is 0 Å². The molecule has 0 aromatic heterocycles. The van der Waals surface area contributed by atoms with Gasteiger partial charge < -0.3 is 14.8 Å². The summed E-state index contributed by atoms with van der Waals surface area (Å²) in [6, 6.07) is 12.9. The molecule has 1 atom stereocenters. The lowest BCUT2D eigenvalue weighted by molar-refractivity contribution is 0.102. The van der Waals surface area contributed by atoms with Crippen molar-refractivity contribution in [2.75, 3.05) is 11.9 Å². The van der Waals surface area contributed by atoms with Crippen molar-refractivity contribution in [1.82, 2.24) is 0 Å². The summed E-state index contributed by atoms with van der Waals surface area (Å²) in [6.07, 6.45) is 1.02. The average molecular weight is 297 g/mol. The summed E-state index contributed by atoms with van der Waals surface area (Å²) in [6.45, 7) is 4.50. The maximum absolute atomic E-state index is 12.3. The van der Waals surface area contributed by atoms with Crippen LogP contribution in [0.5, 0.6) is 11.5 Å². The van der Waals surface area contributed by atoms with Crippen molar-refractivity contribution in [2.45, 2.75) is 26.4 Å². The largest absolute Gasteiger partial charge is 0.492 e. The van der Waals surface area contributed by atoms with Crippen LogP contribution in [0.2, 0.25) is 0 Å². The zero-order valence-electron chi connectivity index (χ0n) is 12.8. The molecule has 1 amide bonds. The minimum absolute atomic E-state index is 0.157. The summed E-state index contributed by atoms with van der Waals surface area (Å²) in [5.41, 5.74) is 2.37. The van der Waals surface area contributed by atoms with E-state index in [1.807, 2.05) is 44.2 Å². The number of anilines is 1. The number of amides is 1. The second kappa shape index (κ2) is 6.10. The number of ether oxygens (including phenoxy) is 2. The number of hydrogen-bond acceptors (Lipinski definition) is 3. The lowest BCUT2D eigenvalue weighted by Crippen LogP contribution is -2.13. The van der Waals surface area contributed by atoms with Gasteiger partial charge in [-0.2, -0.15) is 0 Å². The standard InChI is InChI=1S/C18H19NO3/c1-3-21-17-10-14-9-12(2)22-16(14)11-15(17)19-18(20)13-7-5-4-6-8-13/h4-8,10-12H,3,9H2,1-2H3,(H,19,20)/t12-/m0/s1. The van der Waals surface area contributed by atoms with Crippen LogP contribution in [0.3, 0.4) is 0 Å². The van der Waals surface area contributed by atoms with E-state index < -0.39 is 0 Å². The first kappa shape index (κ1) is 14.4. The van der Waals surface area contributed by atoms with E-state index in [2.05, 4.69) is 5.32 Å². The van der Waals surface area contributed by atoms with Gasteiger partial charge in [-0.1, -0.05) is 18.2 Å². The van der Waals surface area contributed by atoms with Crippen molar-refractivity contribution >= 4 is 11.6 Å². The highest BCUT2D eigenvalue weighted by Crippen LogP contribution is 2.38. The summed E-state index contributed by atoms with van der Waals surface area (Å²) >= 11 is 0. The van der Waals surface area contributed by atoms with Gasteiger partial charge in [-0.3, -0.25) is 4.79 Å². The van der Waals surface area contributed by atoms with Crippen molar-refractivity contribution in [3.8, 4) is 11.5 Å². The average Bonchev–Trinajstić information content (AvgIpc) is 2.87. The zero-order valence-corrected chi connectivity index (χ0v) is 12.8. The van der Waals surface area contributed by atoms with Crippen LogP contribution in [0.25, 0.3) is 0 Å². The van der Waals surface area contributed by atoms with Gasteiger partial charge in [-0.05, 0) is 32.0 Å². The Kier molecular flexibility index (Phi) is 4.00. The van der Waals surface area contributed by atoms with Crippen LogP contribution in [-0.4, -0.2) is 18.6 Å². The molecule has 0 saturated carbocycles. The van der Waals surface area contributed by atoms with E-state index >= 15 is 0 Å². The van der Waals surface area contributed by atoms with Gasteiger partial charge in [0.05, 0.1) is 12.3 Å². The molecule has 0 unspecified atom stereocenters. The van der Waals surface area contributed by atoms with Crippen LogP contribution >= 0.6 is 0 Å². The third kappa shape index (κ3) is 2.91. The first-order valence-corrected chi connectivity index (χ1v) is 7.50. The predicted molar refractivity (Wildman–Crippen MR) is 85.8 cm³/mol. The Hall–Kier alpha value is -2.49. The Balaban J connectivity index is 1.89. The summed E-state index contributed by atoms with van der Waals surface area (Å²) in [5, 5.41) is 2.91. The van der Waals surface area contributed by atoms with Gasteiger partial charge in [0.1, 0.15) is 17.6 Å². The van der Waals surface area contributed by atoms with Gasteiger partial charge in [0.2, 0.25) is 0 Å². The molecule has 4 nitrogen and oxygen atoms in total. The van der Waals surface area contributed by atoms with Gasteiger partial charge in [-0.15, -0.1) is 0 Å². The van der Waals surface area contributed by atoms with Crippen LogP contribution in [-0.2, 0) is 6.42 Å². The van der Waals surface area contributed by atoms with Crippen molar-refractivity contribution < 1.29 is 14.3 Å². The lowest BCUT2D eigenvalue weighted by atomic mass is 10.1. The second-order valence-corrected chi connectivity index (χ2v) is 5.34. The first-order chi connectivity index (χ1) is 10.7. The Morgan fingerprint density at radius 2 is 2.09 bits per heavy atom. The molecular weight excluding hydrogens is 278 g/mol. The van der Waals surface area contributed by atoms with E-state index in [1.165, 1.54) is 0 Å². The zero-order chi connectivity index (χ0) is 15.5. The van der Waals surface area contributed by atoms with Gasteiger partial charge in [0.15, 0.2) is 0 Å². The van der Waals surface area contributed by atoms with E-state index in [0.29, 0.717) is 23.6 Å². The molecule has 1 aliphatic rings. The van der Waals surface area contributed by atoms with Gasteiger partial charge >= 0.3 is 0 Å². The topological polar surface area (TPSA) is 47.6 Å². The number of rotatable bonds is 4. The summed E-state index contributed by atoms with van der Waals surface area (Å²) in [5.74, 6) is 1.34. The molecular formula is C18H19NO3. The quantitative estimate of drug-likeness (QED) is 0.937. The molecule has 1 aliphatic heterocycles. The van der Waals surface area contributed by atoms with Crippen molar-refractivity contribution in [2.24, 2.45) is 0 Å². The highest BCUT2D eigenvalue weighted by atomic mass is 16.5. The smallest absolute Gasteiger partial charge is 0.255 e. The number of nitrogens with one attached hydrogen (secondary N) is 1. The van der Waals surface area contributed by atoms with E-state index in [9.17, 15) is 4.79 Å². The Morgan fingerprint density at radius 3 is 2.82 bits per heavy atom. The molecule has 22 heavy (non-hydrogen) atoms. The Morgan fingerprint density at radius 1 is 1.32 bits per heavy atom. The Labute approximate surface area is 130 Å². The monoisotopic (exact) mass is 297 g/mol. The molecule has 3 rings (SSSR count). The van der Waals surface area contributed by atoms with E-state index in [1.54, 1.807) is 12.1 Å². The minimum Gasteiger partial charge on any atom is -0.492 e. The lowest BCUT2D eigenvalue weighted by Gasteiger charge is -2.13. The second-order valence-electron chi connectivity index (χ2n) is 5.34. The Bertz CT molecular complexity index is 682. The third-order valence-corrected chi connectivity index (χ3v) is 3.58. The van der Waals surface area contributed by atoms with E-state index in [0.717, 1.165) is 17.7 Å². The molecule has 0 saturated heterocycles. The predicted octanol–water partition coefficient (Wildman–Crippen LogP) is 3.66. The number of carbonyl (C=O) groups is 1. The molecule has 0 radical (unpaired) electrons. The van der Waals surface area contributed by atoms with Crippen LogP contribution in [0.1, 0.15) is 29.8 Å². The van der Waals surface area contributed by atoms with Gasteiger partial charge in [0, 0.05) is 23.6 Å². The first-order valence-electron chi connectivity index (χ1n) is 7.50. The van der Waals surface area contributed by atoms with E-state index in [-0.39, 0.29) is 12.0 Å². The molecule has 1 N–H and O–H groups in total. The summed E-state index contributed by atoms with van der Waals surface area (Å²) in [4.78, 5) is 12.3. The number of carbonyl (C=O) groups excluding carboxylic acids is 1. The van der Waals surface area contributed by atoms with Crippen molar-refractivity contribution in [1.29, 1.82) is 0 Å². The van der Waals surface area contributed by atoms with Crippen LogP contribution in [0.4, 0.5) is 5.69 Å². The number of benzene rings is 2. The normalized spacial score (nSPS) is 15.8. The molecule has 2 aromatic carbocycles. The third-order valence-electron chi connectivity index (χ3n) is 3.58. The maximum atomic E-state index is 12.3. The molecule has 0 bridgehead atoms. The fourth-order valence-electron chi connectivity index (χ4n) is 2.60. The van der Waals surface area contributed by atoms with Crippen molar-refractivity contribution in [3.05, 3.63) is 53.6 Å². The number of fused-ring (bicyclic) bond motifs is 1. The molecule has 1 heterocycles. The minimum atomic E-state index is -0.160. The molecule has 2 aromatic rings. The molecule has 0 aliphatic carbocycles. The number of hydrogen-bond donors (Lipinski definition) is 1.